The van der Waals surface area contributed by atoms with Crippen molar-refractivity contribution in [3.8, 4) is 0 Å². The minimum Gasteiger partial charge on any atom is -0.374 e. The van der Waals surface area contributed by atoms with Crippen LogP contribution >= 0.6 is 0 Å². The van der Waals surface area contributed by atoms with E-state index in [1.165, 1.54) is 19.2 Å². The van der Waals surface area contributed by atoms with Gasteiger partial charge in [0.25, 0.3) is 5.91 Å². The van der Waals surface area contributed by atoms with Crippen LogP contribution in [-0.4, -0.2) is 64.0 Å². The summed E-state index contributed by atoms with van der Waals surface area (Å²) in [5.74, 6) is -0.0668. The van der Waals surface area contributed by atoms with Crippen molar-refractivity contribution in [2.45, 2.75) is 31.5 Å². The molecule has 2 aliphatic rings. The van der Waals surface area contributed by atoms with Crippen molar-refractivity contribution in [3.05, 3.63) is 48.0 Å². The van der Waals surface area contributed by atoms with Gasteiger partial charge in [0.2, 0.25) is 0 Å². The van der Waals surface area contributed by atoms with E-state index in [-0.39, 0.29) is 12.0 Å². The van der Waals surface area contributed by atoms with Crippen molar-refractivity contribution in [1.29, 1.82) is 0 Å². The van der Waals surface area contributed by atoms with E-state index in [1.54, 1.807) is 11.0 Å². The van der Waals surface area contributed by atoms with Gasteiger partial charge in [0.1, 0.15) is 12.7 Å². The summed E-state index contributed by atoms with van der Waals surface area (Å²) in [6.07, 6.45) is 5.82. The normalized spacial score (nSPS) is 21.2. The second-order valence-electron chi connectivity index (χ2n) is 6.68. The van der Waals surface area contributed by atoms with Gasteiger partial charge >= 0.3 is 0 Å². The molecule has 2 fully saturated rings. The van der Waals surface area contributed by atoms with Crippen LogP contribution in [0.15, 0.2) is 36.9 Å². The molecule has 7 heteroatoms. The fraction of sp³-hybridized carbons (Fsp3) is 0.500. The molecule has 132 valence electrons. The first kappa shape index (κ1) is 16.2. The highest BCUT2D eigenvalue weighted by Gasteiger charge is 2.33. The number of nitrogens with one attached hydrogen (secondary N) is 1. The molecular formula is C18H23N5O2. The summed E-state index contributed by atoms with van der Waals surface area (Å²) in [4.78, 5) is 19.1. The van der Waals surface area contributed by atoms with Crippen LogP contribution < -0.4 is 5.32 Å². The number of benzene rings is 1. The molecule has 1 saturated carbocycles. The number of aromatic nitrogens is 3. The molecule has 1 amide bonds. The molecule has 1 N–H and O–H groups in total. The van der Waals surface area contributed by atoms with E-state index in [1.807, 2.05) is 24.3 Å². The molecule has 1 aliphatic heterocycles. The van der Waals surface area contributed by atoms with Crippen LogP contribution in [-0.2, 0) is 11.3 Å². The molecular weight excluding hydrogens is 318 g/mol. The third kappa shape index (κ3) is 4.05. The van der Waals surface area contributed by atoms with Crippen molar-refractivity contribution in [2.24, 2.45) is 0 Å². The maximum absolute atomic E-state index is 12.6. The Labute approximate surface area is 147 Å². The molecule has 2 aromatic rings. The number of ether oxygens (including phenoxy) is 1. The lowest BCUT2D eigenvalue weighted by Crippen LogP contribution is -2.48. The van der Waals surface area contributed by atoms with Gasteiger partial charge in [0, 0.05) is 31.2 Å². The van der Waals surface area contributed by atoms with Crippen LogP contribution in [0.5, 0.6) is 0 Å². The molecule has 1 saturated heterocycles. The third-order valence-corrected chi connectivity index (χ3v) is 4.78. The summed E-state index contributed by atoms with van der Waals surface area (Å²) in [5.41, 5.74) is 1.60. The summed E-state index contributed by atoms with van der Waals surface area (Å²) in [6, 6.07) is 8.35. The number of morpholine rings is 1. The van der Waals surface area contributed by atoms with Gasteiger partial charge < -0.3 is 10.1 Å². The largest absolute Gasteiger partial charge is 0.374 e. The van der Waals surface area contributed by atoms with Crippen LogP contribution in [0.2, 0.25) is 0 Å². The zero-order valence-corrected chi connectivity index (χ0v) is 14.2. The molecule has 0 radical (unpaired) electrons. The standard InChI is InChI=1S/C18H23N5O2/c24-18(20-9-16-11-22(7-8-25-16)15-5-6-15)17-4-2-1-3-14(17)10-23-13-19-12-21-23/h1-4,12-13,15-16H,5-11H2,(H,20,24). The van der Waals surface area contributed by atoms with Crippen LogP contribution in [0.1, 0.15) is 28.8 Å². The molecule has 1 unspecified atom stereocenters. The molecule has 0 spiro atoms. The first-order valence-corrected chi connectivity index (χ1v) is 8.84. The first-order chi connectivity index (χ1) is 12.3. The Morgan fingerprint density at radius 3 is 3.00 bits per heavy atom. The second-order valence-corrected chi connectivity index (χ2v) is 6.68. The summed E-state index contributed by atoms with van der Waals surface area (Å²) in [5, 5.41) is 7.14. The van der Waals surface area contributed by atoms with Crippen molar-refractivity contribution < 1.29 is 9.53 Å². The van der Waals surface area contributed by atoms with Gasteiger partial charge in [-0.1, -0.05) is 18.2 Å². The van der Waals surface area contributed by atoms with Crippen molar-refractivity contribution in [1.82, 2.24) is 25.0 Å². The predicted molar refractivity (Wildman–Crippen MR) is 92.2 cm³/mol. The average molecular weight is 341 g/mol. The average Bonchev–Trinajstić information content (AvgIpc) is 3.38. The maximum Gasteiger partial charge on any atom is 0.251 e. The van der Waals surface area contributed by atoms with Gasteiger partial charge in [-0.3, -0.25) is 9.69 Å². The van der Waals surface area contributed by atoms with Crippen LogP contribution in [0.3, 0.4) is 0 Å². The summed E-state index contributed by atoms with van der Waals surface area (Å²) >= 11 is 0. The van der Waals surface area contributed by atoms with Gasteiger partial charge in [0.05, 0.1) is 19.3 Å². The predicted octanol–water partition coefficient (Wildman–Crippen LogP) is 0.919. The lowest BCUT2D eigenvalue weighted by Gasteiger charge is -2.33. The van der Waals surface area contributed by atoms with E-state index in [0.29, 0.717) is 18.7 Å². The highest BCUT2D eigenvalue weighted by atomic mass is 16.5. The lowest BCUT2D eigenvalue weighted by molar-refractivity contribution is -0.0293. The Hall–Kier alpha value is -2.25. The fourth-order valence-corrected chi connectivity index (χ4v) is 3.31. The van der Waals surface area contributed by atoms with E-state index < -0.39 is 0 Å². The molecule has 1 aromatic carbocycles. The van der Waals surface area contributed by atoms with Crippen molar-refractivity contribution >= 4 is 5.91 Å². The van der Waals surface area contributed by atoms with Gasteiger partial charge in [-0.2, -0.15) is 5.10 Å². The first-order valence-electron chi connectivity index (χ1n) is 8.84. The van der Waals surface area contributed by atoms with Gasteiger partial charge in [0.15, 0.2) is 0 Å². The maximum atomic E-state index is 12.6. The van der Waals surface area contributed by atoms with Gasteiger partial charge in [-0.15, -0.1) is 0 Å². The number of rotatable bonds is 6. The third-order valence-electron chi connectivity index (χ3n) is 4.78. The molecule has 7 nitrogen and oxygen atoms in total. The molecule has 1 aromatic heterocycles. The highest BCUT2D eigenvalue weighted by Crippen LogP contribution is 2.28. The number of nitrogens with zero attached hydrogens (tertiary/aromatic N) is 4. The van der Waals surface area contributed by atoms with E-state index in [2.05, 4.69) is 20.3 Å². The summed E-state index contributed by atoms with van der Waals surface area (Å²) in [6.45, 7) is 3.74. The molecule has 4 rings (SSSR count). The molecule has 0 bridgehead atoms. The van der Waals surface area contributed by atoms with E-state index in [0.717, 1.165) is 31.3 Å². The minimum absolute atomic E-state index is 0.0668. The molecule has 2 heterocycles. The van der Waals surface area contributed by atoms with E-state index >= 15 is 0 Å². The fourth-order valence-electron chi connectivity index (χ4n) is 3.31. The van der Waals surface area contributed by atoms with Crippen LogP contribution in [0, 0.1) is 0 Å². The van der Waals surface area contributed by atoms with Crippen molar-refractivity contribution in [3.63, 3.8) is 0 Å². The number of amides is 1. The smallest absolute Gasteiger partial charge is 0.251 e. The van der Waals surface area contributed by atoms with E-state index in [9.17, 15) is 4.79 Å². The molecule has 1 atom stereocenters. The summed E-state index contributed by atoms with van der Waals surface area (Å²) < 4.78 is 7.52. The summed E-state index contributed by atoms with van der Waals surface area (Å²) in [7, 11) is 0. The highest BCUT2D eigenvalue weighted by molar-refractivity contribution is 5.95. The number of carbonyl (C=O) groups is 1. The number of carbonyl (C=O) groups excluding carboxylic acids is 1. The van der Waals surface area contributed by atoms with Gasteiger partial charge in [-0.25, -0.2) is 9.67 Å². The Balaban J connectivity index is 1.36. The molecule has 25 heavy (non-hydrogen) atoms. The van der Waals surface area contributed by atoms with Gasteiger partial charge in [-0.05, 0) is 24.5 Å². The second kappa shape index (κ2) is 7.33. The van der Waals surface area contributed by atoms with Crippen molar-refractivity contribution in [2.75, 3.05) is 26.2 Å². The van der Waals surface area contributed by atoms with E-state index in [4.69, 9.17) is 4.74 Å². The lowest BCUT2D eigenvalue weighted by atomic mass is 10.1. The Bertz CT molecular complexity index is 714. The topological polar surface area (TPSA) is 72.3 Å². The Morgan fingerprint density at radius 1 is 1.32 bits per heavy atom. The Kier molecular flexibility index (Phi) is 4.76. The van der Waals surface area contributed by atoms with Crippen LogP contribution in [0.4, 0.5) is 0 Å². The monoisotopic (exact) mass is 341 g/mol. The number of hydrogen-bond acceptors (Lipinski definition) is 5. The zero-order valence-electron chi connectivity index (χ0n) is 14.2. The molecule has 1 aliphatic carbocycles. The zero-order chi connectivity index (χ0) is 17.1. The van der Waals surface area contributed by atoms with Crippen LogP contribution in [0.25, 0.3) is 0 Å². The minimum atomic E-state index is -0.0668. The SMILES string of the molecule is O=C(NCC1CN(C2CC2)CCO1)c1ccccc1Cn1cncn1. The number of hydrogen-bond donors (Lipinski definition) is 1. The quantitative estimate of drug-likeness (QED) is 0.846. The Morgan fingerprint density at radius 2 is 2.20 bits per heavy atom.